The lowest BCUT2D eigenvalue weighted by molar-refractivity contribution is 0.543. The van der Waals surface area contributed by atoms with E-state index in [-0.39, 0.29) is 17.0 Å². The molecular formula is C15H27N3O2S. The number of pyridine rings is 1. The highest BCUT2D eigenvalue weighted by atomic mass is 32.2. The van der Waals surface area contributed by atoms with Crippen molar-refractivity contribution in [1.82, 2.24) is 9.71 Å². The van der Waals surface area contributed by atoms with Crippen molar-refractivity contribution < 1.29 is 8.42 Å². The van der Waals surface area contributed by atoms with Crippen molar-refractivity contribution in [1.29, 1.82) is 0 Å². The van der Waals surface area contributed by atoms with E-state index in [1.807, 2.05) is 13.8 Å². The minimum absolute atomic E-state index is 0.0706. The third-order valence-electron chi connectivity index (χ3n) is 3.50. The van der Waals surface area contributed by atoms with Gasteiger partial charge in [-0.1, -0.05) is 27.2 Å². The zero-order valence-corrected chi connectivity index (χ0v) is 14.4. The average molecular weight is 313 g/mol. The van der Waals surface area contributed by atoms with E-state index in [0.29, 0.717) is 11.7 Å². The monoisotopic (exact) mass is 313 g/mol. The van der Waals surface area contributed by atoms with Crippen LogP contribution in [0.4, 0.5) is 5.82 Å². The molecule has 0 aliphatic carbocycles. The first kappa shape index (κ1) is 17.9. The van der Waals surface area contributed by atoms with Crippen LogP contribution in [0.3, 0.4) is 0 Å². The first-order chi connectivity index (χ1) is 9.76. The second kappa shape index (κ2) is 7.75. The Morgan fingerprint density at radius 3 is 2.33 bits per heavy atom. The number of hydrogen-bond acceptors (Lipinski definition) is 4. The molecule has 21 heavy (non-hydrogen) atoms. The van der Waals surface area contributed by atoms with Gasteiger partial charge in [-0.25, -0.2) is 18.1 Å². The summed E-state index contributed by atoms with van der Waals surface area (Å²) in [5.74, 6) is 1.17. The standard InChI is InChI=1S/C15H27N3O2S/c1-6-7-12(4)18-21(19,20)14-8-9-15(16-10-14)17-13(5)11(2)3/h8-13,18H,6-7H2,1-5H3,(H,16,17). The predicted molar refractivity (Wildman–Crippen MR) is 86.9 cm³/mol. The summed E-state index contributed by atoms with van der Waals surface area (Å²) in [6.07, 6.45) is 3.16. The van der Waals surface area contributed by atoms with Gasteiger partial charge >= 0.3 is 0 Å². The molecule has 1 rings (SSSR count). The number of nitrogens with zero attached hydrogens (tertiary/aromatic N) is 1. The van der Waals surface area contributed by atoms with Crippen LogP contribution in [0.5, 0.6) is 0 Å². The normalized spacial score (nSPS) is 15.0. The number of nitrogens with one attached hydrogen (secondary N) is 2. The van der Waals surface area contributed by atoms with Gasteiger partial charge in [0.05, 0.1) is 0 Å². The van der Waals surface area contributed by atoms with Gasteiger partial charge in [0.15, 0.2) is 0 Å². The molecular weight excluding hydrogens is 286 g/mol. The zero-order valence-electron chi connectivity index (χ0n) is 13.6. The van der Waals surface area contributed by atoms with Crippen LogP contribution < -0.4 is 10.0 Å². The molecule has 1 aromatic rings. The fourth-order valence-corrected chi connectivity index (χ4v) is 3.07. The number of anilines is 1. The molecule has 0 aliphatic rings. The first-order valence-corrected chi connectivity index (χ1v) is 8.99. The van der Waals surface area contributed by atoms with Crippen molar-refractivity contribution in [2.24, 2.45) is 5.92 Å². The van der Waals surface area contributed by atoms with E-state index in [4.69, 9.17) is 0 Å². The molecule has 0 amide bonds. The van der Waals surface area contributed by atoms with Gasteiger partial charge in [-0.15, -0.1) is 0 Å². The van der Waals surface area contributed by atoms with E-state index in [9.17, 15) is 8.42 Å². The van der Waals surface area contributed by atoms with Crippen LogP contribution in [0.2, 0.25) is 0 Å². The van der Waals surface area contributed by atoms with Gasteiger partial charge in [0, 0.05) is 18.3 Å². The summed E-state index contributed by atoms with van der Waals surface area (Å²) in [5.41, 5.74) is 0. The second-order valence-electron chi connectivity index (χ2n) is 5.87. The second-order valence-corrected chi connectivity index (χ2v) is 7.58. The summed E-state index contributed by atoms with van der Waals surface area (Å²) < 4.78 is 27.0. The number of hydrogen-bond donors (Lipinski definition) is 2. The summed E-state index contributed by atoms with van der Waals surface area (Å²) in [5, 5.41) is 3.25. The SMILES string of the molecule is CCCC(C)NS(=O)(=O)c1ccc(NC(C)C(C)C)nc1. The first-order valence-electron chi connectivity index (χ1n) is 7.51. The smallest absolute Gasteiger partial charge is 0.242 e. The quantitative estimate of drug-likeness (QED) is 0.774. The van der Waals surface area contributed by atoms with Crippen LogP contribution in [0.25, 0.3) is 0 Å². The maximum atomic E-state index is 12.2. The molecule has 0 radical (unpaired) electrons. The Bertz CT molecular complexity index is 526. The van der Waals surface area contributed by atoms with E-state index in [1.165, 1.54) is 6.20 Å². The van der Waals surface area contributed by atoms with Gasteiger partial charge in [-0.2, -0.15) is 0 Å². The molecule has 0 bridgehead atoms. The zero-order chi connectivity index (χ0) is 16.0. The van der Waals surface area contributed by atoms with Crippen molar-refractivity contribution in [3.8, 4) is 0 Å². The van der Waals surface area contributed by atoms with Crippen LogP contribution >= 0.6 is 0 Å². The van der Waals surface area contributed by atoms with E-state index < -0.39 is 10.0 Å². The van der Waals surface area contributed by atoms with Crippen LogP contribution in [0.15, 0.2) is 23.2 Å². The molecule has 5 nitrogen and oxygen atoms in total. The highest BCUT2D eigenvalue weighted by molar-refractivity contribution is 7.89. The molecule has 0 saturated carbocycles. The third-order valence-corrected chi connectivity index (χ3v) is 5.07. The van der Waals surface area contributed by atoms with E-state index >= 15 is 0 Å². The lowest BCUT2D eigenvalue weighted by Crippen LogP contribution is -2.32. The summed E-state index contributed by atoms with van der Waals surface area (Å²) in [6.45, 7) is 10.2. The molecule has 0 aromatic carbocycles. The summed E-state index contributed by atoms with van der Waals surface area (Å²) in [6, 6.07) is 3.50. The van der Waals surface area contributed by atoms with Crippen molar-refractivity contribution in [3.05, 3.63) is 18.3 Å². The molecule has 1 aromatic heterocycles. The van der Waals surface area contributed by atoms with Crippen molar-refractivity contribution in [2.45, 2.75) is 64.4 Å². The maximum absolute atomic E-state index is 12.2. The lowest BCUT2D eigenvalue weighted by atomic mass is 10.1. The molecule has 2 N–H and O–H groups in total. The van der Waals surface area contributed by atoms with Crippen molar-refractivity contribution >= 4 is 15.8 Å². The largest absolute Gasteiger partial charge is 0.367 e. The van der Waals surface area contributed by atoms with Gasteiger partial charge in [0.1, 0.15) is 10.7 Å². The third kappa shape index (κ3) is 5.63. The van der Waals surface area contributed by atoms with Gasteiger partial charge in [0.25, 0.3) is 0 Å². The molecule has 0 aliphatic heterocycles. The topological polar surface area (TPSA) is 71.1 Å². The van der Waals surface area contributed by atoms with E-state index in [0.717, 1.165) is 12.8 Å². The van der Waals surface area contributed by atoms with E-state index in [2.05, 4.69) is 35.8 Å². The predicted octanol–water partition coefficient (Wildman–Crippen LogP) is 3.00. The Morgan fingerprint density at radius 1 is 1.19 bits per heavy atom. The maximum Gasteiger partial charge on any atom is 0.242 e. The van der Waals surface area contributed by atoms with Gasteiger partial charge in [-0.05, 0) is 38.3 Å². The number of rotatable bonds is 8. The van der Waals surface area contributed by atoms with Crippen LogP contribution in [-0.4, -0.2) is 25.5 Å². The molecule has 120 valence electrons. The van der Waals surface area contributed by atoms with Crippen molar-refractivity contribution in [2.75, 3.05) is 5.32 Å². The molecule has 0 saturated heterocycles. The fraction of sp³-hybridized carbons (Fsp3) is 0.667. The Labute approximate surface area is 128 Å². The molecule has 0 spiro atoms. The summed E-state index contributed by atoms with van der Waals surface area (Å²) >= 11 is 0. The van der Waals surface area contributed by atoms with E-state index in [1.54, 1.807) is 12.1 Å². The fourth-order valence-electron chi connectivity index (χ4n) is 1.85. The Kier molecular flexibility index (Phi) is 6.61. The minimum atomic E-state index is -3.48. The molecule has 6 heteroatoms. The van der Waals surface area contributed by atoms with Gasteiger partial charge in [-0.3, -0.25) is 0 Å². The summed E-state index contributed by atoms with van der Waals surface area (Å²) in [7, 11) is -3.48. The van der Waals surface area contributed by atoms with Gasteiger partial charge < -0.3 is 5.32 Å². The lowest BCUT2D eigenvalue weighted by Gasteiger charge is -2.18. The summed E-state index contributed by atoms with van der Waals surface area (Å²) in [4.78, 5) is 4.39. The Balaban J connectivity index is 2.77. The molecule has 0 fully saturated rings. The Hall–Kier alpha value is -1.14. The number of aromatic nitrogens is 1. The highest BCUT2D eigenvalue weighted by Crippen LogP contribution is 2.14. The Morgan fingerprint density at radius 2 is 1.86 bits per heavy atom. The number of sulfonamides is 1. The minimum Gasteiger partial charge on any atom is -0.367 e. The van der Waals surface area contributed by atoms with Crippen LogP contribution in [0, 0.1) is 5.92 Å². The van der Waals surface area contributed by atoms with Crippen LogP contribution in [0.1, 0.15) is 47.5 Å². The highest BCUT2D eigenvalue weighted by Gasteiger charge is 2.17. The molecule has 2 atom stereocenters. The van der Waals surface area contributed by atoms with Crippen LogP contribution in [-0.2, 0) is 10.0 Å². The van der Waals surface area contributed by atoms with Crippen molar-refractivity contribution in [3.63, 3.8) is 0 Å². The molecule has 2 unspecified atom stereocenters. The molecule has 1 heterocycles. The average Bonchev–Trinajstić information content (AvgIpc) is 2.38. The van der Waals surface area contributed by atoms with Gasteiger partial charge in [0.2, 0.25) is 10.0 Å².